The number of anilines is 1. The van der Waals surface area contributed by atoms with Crippen LogP contribution in [0.15, 0.2) is 87.7 Å². The number of hydrogen-bond acceptors (Lipinski definition) is 7. The van der Waals surface area contributed by atoms with Crippen molar-refractivity contribution in [2.45, 2.75) is 14.9 Å². The fourth-order valence-corrected chi connectivity index (χ4v) is 5.20. The van der Waals surface area contributed by atoms with E-state index in [1.54, 1.807) is 24.3 Å². The highest BCUT2D eigenvalue weighted by atomic mass is 32.2. The molecular weight excluding hydrogens is 432 g/mol. The molecule has 1 fully saturated rings. The molecule has 0 radical (unpaired) electrons. The first-order chi connectivity index (χ1) is 15.0. The lowest BCUT2D eigenvalue weighted by Crippen LogP contribution is -2.49. The minimum Gasteiger partial charge on any atom is -0.368 e. The number of hydrogen-bond donors (Lipinski definition) is 0. The Kier molecular flexibility index (Phi) is 6.53. The number of rotatable bonds is 6. The molecule has 2 heterocycles. The number of amides is 1. The Morgan fingerprint density at radius 2 is 1.48 bits per heavy atom. The van der Waals surface area contributed by atoms with Gasteiger partial charge in [0.15, 0.2) is 5.03 Å². The van der Waals surface area contributed by atoms with Crippen LogP contribution in [-0.2, 0) is 14.6 Å². The number of benzene rings is 2. The van der Waals surface area contributed by atoms with Crippen molar-refractivity contribution < 1.29 is 13.2 Å². The topological polar surface area (TPSA) is 83.5 Å². The van der Waals surface area contributed by atoms with Gasteiger partial charge in [0.1, 0.15) is 5.03 Å². The summed E-state index contributed by atoms with van der Waals surface area (Å²) in [5, 5.41) is 8.28. The van der Waals surface area contributed by atoms with Crippen molar-refractivity contribution in [1.29, 1.82) is 0 Å². The molecule has 1 aromatic heterocycles. The predicted octanol–water partition coefficient (Wildman–Crippen LogP) is 2.75. The van der Waals surface area contributed by atoms with E-state index < -0.39 is 9.84 Å². The van der Waals surface area contributed by atoms with Crippen molar-refractivity contribution in [3.8, 4) is 0 Å². The molecule has 4 rings (SSSR count). The van der Waals surface area contributed by atoms with E-state index in [9.17, 15) is 13.2 Å². The van der Waals surface area contributed by atoms with Crippen LogP contribution in [0.4, 0.5) is 5.69 Å². The highest BCUT2D eigenvalue weighted by Crippen LogP contribution is 2.21. The Hall–Kier alpha value is -2.91. The lowest BCUT2D eigenvalue weighted by atomic mass is 10.2. The standard InChI is InChI=1S/C22H22N4O3S2/c27-22(26-15-13-25(14-16-26)18-7-3-1-4-8-18)17-30-20-11-12-21(24-23-20)31(28,29)19-9-5-2-6-10-19/h1-12H,13-17H2. The minimum atomic E-state index is -3.70. The quantitative estimate of drug-likeness (QED) is 0.530. The fraction of sp³-hybridized carbons (Fsp3) is 0.227. The number of para-hydroxylation sites is 1. The molecule has 7 nitrogen and oxygen atoms in total. The number of carbonyl (C=O) groups is 1. The van der Waals surface area contributed by atoms with Crippen LogP contribution in [0.5, 0.6) is 0 Å². The zero-order chi connectivity index (χ0) is 21.7. The first-order valence-corrected chi connectivity index (χ1v) is 12.4. The third kappa shape index (κ3) is 5.05. The van der Waals surface area contributed by atoms with Crippen LogP contribution >= 0.6 is 11.8 Å². The largest absolute Gasteiger partial charge is 0.368 e. The number of carbonyl (C=O) groups excluding carboxylic acids is 1. The van der Waals surface area contributed by atoms with Gasteiger partial charge in [0.2, 0.25) is 15.7 Å². The fourth-order valence-electron chi connectivity index (χ4n) is 3.33. The van der Waals surface area contributed by atoms with Crippen LogP contribution in [0.3, 0.4) is 0 Å². The molecule has 9 heteroatoms. The van der Waals surface area contributed by atoms with Gasteiger partial charge < -0.3 is 9.80 Å². The third-order valence-corrected chi connectivity index (χ3v) is 7.61. The molecular formula is C22H22N4O3S2. The van der Waals surface area contributed by atoms with E-state index in [4.69, 9.17) is 0 Å². The summed E-state index contributed by atoms with van der Waals surface area (Å²) >= 11 is 1.26. The van der Waals surface area contributed by atoms with Crippen LogP contribution in [0.2, 0.25) is 0 Å². The first kappa shape index (κ1) is 21.3. The number of thioether (sulfide) groups is 1. The van der Waals surface area contributed by atoms with E-state index in [1.807, 2.05) is 23.1 Å². The lowest BCUT2D eigenvalue weighted by Gasteiger charge is -2.36. The highest BCUT2D eigenvalue weighted by molar-refractivity contribution is 7.99. The molecule has 160 valence electrons. The predicted molar refractivity (Wildman–Crippen MR) is 120 cm³/mol. The first-order valence-electron chi connectivity index (χ1n) is 9.88. The van der Waals surface area contributed by atoms with Gasteiger partial charge in [-0.2, -0.15) is 0 Å². The smallest absolute Gasteiger partial charge is 0.233 e. The maximum atomic E-state index is 12.6. The van der Waals surface area contributed by atoms with Crippen molar-refractivity contribution in [3.05, 3.63) is 72.8 Å². The maximum absolute atomic E-state index is 12.6. The molecule has 0 spiro atoms. The molecule has 2 aromatic carbocycles. The van der Waals surface area contributed by atoms with E-state index in [1.165, 1.54) is 35.6 Å². The minimum absolute atomic E-state index is 0.0421. The van der Waals surface area contributed by atoms with E-state index in [0.29, 0.717) is 18.1 Å². The average Bonchev–Trinajstić information content (AvgIpc) is 2.84. The molecule has 1 amide bonds. The molecule has 0 unspecified atom stereocenters. The van der Waals surface area contributed by atoms with Crippen molar-refractivity contribution in [2.24, 2.45) is 0 Å². The van der Waals surface area contributed by atoms with Gasteiger partial charge in [-0.25, -0.2) is 8.42 Å². The van der Waals surface area contributed by atoms with E-state index in [2.05, 4.69) is 27.2 Å². The Labute approximate surface area is 186 Å². The Bertz CT molecular complexity index is 1120. The van der Waals surface area contributed by atoms with Gasteiger partial charge in [-0.3, -0.25) is 4.79 Å². The molecule has 1 aliphatic heterocycles. The summed E-state index contributed by atoms with van der Waals surface area (Å²) < 4.78 is 25.1. The molecule has 3 aromatic rings. The van der Waals surface area contributed by atoms with E-state index >= 15 is 0 Å². The van der Waals surface area contributed by atoms with Crippen molar-refractivity contribution in [3.63, 3.8) is 0 Å². The molecule has 31 heavy (non-hydrogen) atoms. The Balaban J connectivity index is 1.30. The van der Waals surface area contributed by atoms with E-state index in [-0.39, 0.29) is 21.6 Å². The van der Waals surface area contributed by atoms with Crippen LogP contribution in [0, 0.1) is 0 Å². The maximum Gasteiger partial charge on any atom is 0.233 e. The monoisotopic (exact) mass is 454 g/mol. The van der Waals surface area contributed by atoms with Crippen LogP contribution in [0.25, 0.3) is 0 Å². The lowest BCUT2D eigenvalue weighted by molar-refractivity contribution is -0.128. The Morgan fingerprint density at radius 1 is 0.839 bits per heavy atom. The van der Waals surface area contributed by atoms with Gasteiger partial charge in [0, 0.05) is 31.9 Å². The molecule has 0 bridgehead atoms. The van der Waals surface area contributed by atoms with E-state index in [0.717, 1.165) is 13.1 Å². The van der Waals surface area contributed by atoms with Crippen molar-refractivity contribution in [2.75, 3.05) is 36.8 Å². The summed E-state index contributed by atoms with van der Waals surface area (Å²) in [7, 11) is -3.70. The van der Waals surface area contributed by atoms with Gasteiger partial charge in [-0.1, -0.05) is 48.2 Å². The summed E-state index contributed by atoms with van der Waals surface area (Å²) in [6.45, 7) is 2.95. The normalized spacial score (nSPS) is 14.5. The van der Waals surface area contributed by atoms with Gasteiger partial charge in [0.05, 0.1) is 10.6 Å². The number of piperazine rings is 1. The van der Waals surface area contributed by atoms with Gasteiger partial charge in [-0.15, -0.1) is 10.2 Å². The van der Waals surface area contributed by atoms with Gasteiger partial charge >= 0.3 is 0 Å². The zero-order valence-electron chi connectivity index (χ0n) is 16.8. The second kappa shape index (κ2) is 9.49. The summed E-state index contributed by atoms with van der Waals surface area (Å²) in [6, 6.07) is 21.3. The number of aromatic nitrogens is 2. The number of nitrogens with zero attached hydrogens (tertiary/aromatic N) is 4. The molecule has 1 saturated heterocycles. The van der Waals surface area contributed by atoms with Gasteiger partial charge in [0.25, 0.3) is 0 Å². The third-order valence-electron chi connectivity index (χ3n) is 5.04. The van der Waals surface area contributed by atoms with Gasteiger partial charge in [-0.05, 0) is 36.4 Å². The van der Waals surface area contributed by atoms with Crippen LogP contribution in [-0.4, -0.2) is 61.4 Å². The Morgan fingerprint density at radius 3 is 2.10 bits per heavy atom. The summed E-state index contributed by atoms with van der Waals surface area (Å²) in [4.78, 5) is 16.9. The molecule has 0 atom stereocenters. The summed E-state index contributed by atoms with van der Waals surface area (Å²) in [5.74, 6) is 0.283. The van der Waals surface area contributed by atoms with Crippen LogP contribution in [0.1, 0.15) is 0 Å². The van der Waals surface area contributed by atoms with Crippen LogP contribution < -0.4 is 4.90 Å². The zero-order valence-corrected chi connectivity index (χ0v) is 18.4. The average molecular weight is 455 g/mol. The second-order valence-corrected chi connectivity index (χ2v) is 9.91. The molecule has 0 aliphatic carbocycles. The molecule has 1 aliphatic rings. The van der Waals surface area contributed by atoms with Crippen molar-refractivity contribution >= 4 is 33.2 Å². The van der Waals surface area contributed by atoms with Crippen molar-refractivity contribution in [1.82, 2.24) is 15.1 Å². The summed E-state index contributed by atoms with van der Waals surface area (Å²) in [5.41, 5.74) is 1.17. The highest BCUT2D eigenvalue weighted by Gasteiger charge is 2.22. The number of sulfone groups is 1. The summed E-state index contributed by atoms with van der Waals surface area (Å²) in [6.07, 6.45) is 0. The second-order valence-electron chi connectivity index (χ2n) is 7.02. The molecule has 0 saturated carbocycles. The SMILES string of the molecule is O=C(CSc1ccc(S(=O)(=O)c2ccccc2)nn1)N1CCN(c2ccccc2)CC1. The molecule has 0 N–H and O–H groups in total.